The van der Waals surface area contributed by atoms with E-state index in [0.717, 1.165) is 26.2 Å². The van der Waals surface area contributed by atoms with Crippen molar-refractivity contribution < 1.29 is 5.11 Å². The lowest BCUT2D eigenvalue weighted by molar-refractivity contribution is 0.0147. The summed E-state index contributed by atoms with van der Waals surface area (Å²) in [5.41, 5.74) is 6.44. The summed E-state index contributed by atoms with van der Waals surface area (Å²) in [4.78, 5) is 4.85. The third-order valence-corrected chi connectivity index (χ3v) is 4.13. The van der Waals surface area contributed by atoms with Crippen LogP contribution in [0.15, 0.2) is 0 Å². The topological polar surface area (TPSA) is 52.7 Å². The molecule has 1 aliphatic rings. The molecule has 0 aromatic heterocycles. The molecule has 4 nitrogen and oxygen atoms in total. The second-order valence-corrected chi connectivity index (χ2v) is 6.77. The highest BCUT2D eigenvalue weighted by Crippen LogP contribution is 2.18. The highest BCUT2D eigenvalue weighted by molar-refractivity contribution is 4.89. The summed E-state index contributed by atoms with van der Waals surface area (Å²) < 4.78 is 0. The SMILES string of the molecule is CC(C)C(N)C(CO)N1CCN(C(C)(C)C)CC1. The number of aliphatic hydroxyl groups is 1. The van der Waals surface area contributed by atoms with E-state index in [1.807, 2.05) is 0 Å². The van der Waals surface area contributed by atoms with E-state index >= 15 is 0 Å². The van der Waals surface area contributed by atoms with E-state index in [-0.39, 0.29) is 24.2 Å². The van der Waals surface area contributed by atoms with Gasteiger partial charge in [0.15, 0.2) is 0 Å². The van der Waals surface area contributed by atoms with Gasteiger partial charge in [0.1, 0.15) is 0 Å². The minimum atomic E-state index is 0.0520. The second kappa shape index (κ2) is 6.33. The zero-order valence-electron chi connectivity index (χ0n) is 12.7. The van der Waals surface area contributed by atoms with E-state index in [0.29, 0.717) is 5.92 Å². The molecule has 0 spiro atoms. The smallest absolute Gasteiger partial charge is 0.0602 e. The molecule has 1 rings (SSSR count). The van der Waals surface area contributed by atoms with E-state index in [9.17, 15) is 5.11 Å². The predicted octanol–water partition coefficient (Wildman–Crippen LogP) is 0.747. The second-order valence-electron chi connectivity index (χ2n) is 6.77. The van der Waals surface area contributed by atoms with Gasteiger partial charge in [-0.1, -0.05) is 13.8 Å². The molecule has 0 saturated carbocycles. The largest absolute Gasteiger partial charge is 0.395 e. The molecule has 108 valence electrons. The molecule has 4 heteroatoms. The Hall–Kier alpha value is -0.160. The Kier molecular flexibility index (Phi) is 5.59. The van der Waals surface area contributed by atoms with Crippen LogP contribution in [0.3, 0.4) is 0 Å². The van der Waals surface area contributed by atoms with E-state index < -0.39 is 0 Å². The van der Waals surface area contributed by atoms with Gasteiger partial charge >= 0.3 is 0 Å². The molecular formula is C14H31N3O. The first-order chi connectivity index (χ1) is 8.27. The fourth-order valence-electron chi connectivity index (χ4n) is 2.65. The minimum Gasteiger partial charge on any atom is -0.395 e. The molecule has 18 heavy (non-hydrogen) atoms. The summed E-state index contributed by atoms with van der Waals surface area (Å²) in [7, 11) is 0. The zero-order valence-corrected chi connectivity index (χ0v) is 12.7. The third-order valence-electron chi connectivity index (χ3n) is 4.13. The predicted molar refractivity (Wildman–Crippen MR) is 76.6 cm³/mol. The Morgan fingerprint density at radius 1 is 1.11 bits per heavy atom. The van der Waals surface area contributed by atoms with Crippen molar-refractivity contribution in [3.05, 3.63) is 0 Å². The molecule has 1 fully saturated rings. The molecule has 2 unspecified atom stereocenters. The molecule has 1 heterocycles. The van der Waals surface area contributed by atoms with E-state index in [2.05, 4.69) is 44.4 Å². The first-order valence-electron chi connectivity index (χ1n) is 7.13. The van der Waals surface area contributed by atoms with Gasteiger partial charge in [-0.15, -0.1) is 0 Å². The zero-order chi connectivity index (χ0) is 13.9. The highest BCUT2D eigenvalue weighted by atomic mass is 16.3. The van der Waals surface area contributed by atoms with Crippen LogP contribution in [0.5, 0.6) is 0 Å². The lowest BCUT2D eigenvalue weighted by atomic mass is 9.95. The van der Waals surface area contributed by atoms with Gasteiger partial charge in [-0.25, -0.2) is 0 Å². The monoisotopic (exact) mass is 257 g/mol. The van der Waals surface area contributed by atoms with Crippen LogP contribution < -0.4 is 5.73 Å². The van der Waals surface area contributed by atoms with Crippen molar-refractivity contribution >= 4 is 0 Å². The van der Waals surface area contributed by atoms with Gasteiger partial charge < -0.3 is 10.8 Å². The molecule has 0 amide bonds. The maximum Gasteiger partial charge on any atom is 0.0602 e. The number of hydrogen-bond acceptors (Lipinski definition) is 4. The molecule has 0 aromatic carbocycles. The van der Waals surface area contributed by atoms with Gasteiger partial charge in [-0.05, 0) is 26.7 Å². The third kappa shape index (κ3) is 3.92. The Labute approximate surface area is 112 Å². The van der Waals surface area contributed by atoms with Crippen LogP contribution in [0.1, 0.15) is 34.6 Å². The maximum atomic E-state index is 9.59. The van der Waals surface area contributed by atoms with Crippen molar-refractivity contribution in [1.82, 2.24) is 9.80 Å². The van der Waals surface area contributed by atoms with Gasteiger partial charge in [-0.2, -0.15) is 0 Å². The summed E-state index contributed by atoms with van der Waals surface area (Å²) in [6, 6.07) is 0.156. The Morgan fingerprint density at radius 3 is 1.94 bits per heavy atom. The van der Waals surface area contributed by atoms with Crippen molar-refractivity contribution in [1.29, 1.82) is 0 Å². The molecule has 1 aliphatic heterocycles. The minimum absolute atomic E-state index is 0.0520. The van der Waals surface area contributed by atoms with Crippen LogP contribution in [0.2, 0.25) is 0 Å². The molecule has 3 N–H and O–H groups in total. The molecule has 0 radical (unpaired) electrons. The Balaban J connectivity index is 2.55. The van der Waals surface area contributed by atoms with E-state index in [1.54, 1.807) is 0 Å². The first-order valence-corrected chi connectivity index (χ1v) is 7.13. The summed E-state index contributed by atoms with van der Waals surface area (Å²) in [5, 5.41) is 9.59. The van der Waals surface area contributed by atoms with Gasteiger partial charge in [0.25, 0.3) is 0 Å². The molecule has 0 bridgehead atoms. The number of nitrogens with zero attached hydrogens (tertiary/aromatic N) is 2. The lowest BCUT2D eigenvalue weighted by Crippen LogP contribution is -2.60. The average molecular weight is 257 g/mol. The number of rotatable bonds is 4. The van der Waals surface area contributed by atoms with E-state index in [1.165, 1.54) is 0 Å². The maximum absolute atomic E-state index is 9.59. The Morgan fingerprint density at radius 2 is 1.61 bits per heavy atom. The molecule has 1 saturated heterocycles. The average Bonchev–Trinajstić information content (AvgIpc) is 2.29. The van der Waals surface area contributed by atoms with Crippen molar-refractivity contribution in [3.63, 3.8) is 0 Å². The van der Waals surface area contributed by atoms with Crippen molar-refractivity contribution in [3.8, 4) is 0 Å². The van der Waals surface area contributed by atoms with Gasteiger partial charge in [0.2, 0.25) is 0 Å². The first kappa shape index (κ1) is 15.9. The van der Waals surface area contributed by atoms with Gasteiger partial charge in [0, 0.05) is 43.8 Å². The standard InChI is InChI=1S/C14H31N3O/c1-11(2)13(15)12(10-18)16-6-8-17(9-7-16)14(3,4)5/h11-13,18H,6-10,15H2,1-5H3. The summed E-state index contributed by atoms with van der Waals surface area (Å²) >= 11 is 0. The van der Waals surface area contributed by atoms with Crippen molar-refractivity contribution in [2.45, 2.75) is 52.2 Å². The van der Waals surface area contributed by atoms with Crippen molar-refractivity contribution in [2.75, 3.05) is 32.8 Å². The van der Waals surface area contributed by atoms with Gasteiger partial charge in [0.05, 0.1) is 6.61 Å². The van der Waals surface area contributed by atoms with Gasteiger partial charge in [-0.3, -0.25) is 9.80 Å². The molecule has 0 aromatic rings. The van der Waals surface area contributed by atoms with E-state index in [4.69, 9.17) is 5.73 Å². The van der Waals surface area contributed by atoms with Crippen molar-refractivity contribution in [2.24, 2.45) is 11.7 Å². The van der Waals surface area contributed by atoms with Crippen LogP contribution in [0.25, 0.3) is 0 Å². The van der Waals surface area contributed by atoms with Crippen LogP contribution in [0, 0.1) is 5.92 Å². The summed E-state index contributed by atoms with van der Waals surface area (Å²) in [5.74, 6) is 0.405. The van der Waals surface area contributed by atoms with Crippen LogP contribution in [-0.4, -0.2) is 65.3 Å². The summed E-state index contributed by atoms with van der Waals surface area (Å²) in [6.07, 6.45) is 0. The number of aliphatic hydroxyl groups excluding tert-OH is 1. The number of hydrogen-bond donors (Lipinski definition) is 2. The quantitative estimate of drug-likeness (QED) is 0.780. The molecule has 0 aliphatic carbocycles. The normalized spacial score (nSPS) is 23.3. The Bertz CT molecular complexity index is 242. The van der Waals surface area contributed by atoms with Crippen LogP contribution >= 0.6 is 0 Å². The lowest BCUT2D eigenvalue weighted by Gasteiger charge is -2.45. The number of nitrogens with two attached hydrogens (primary N) is 1. The van der Waals surface area contributed by atoms with Crippen LogP contribution in [0.4, 0.5) is 0 Å². The molecule has 2 atom stereocenters. The fraction of sp³-hybridized carbons (Fsp3) is 1.00. The fourth-order valence-corrected chi connectivity index (χ4v) is 2.65. The number of piperazine rings is 1. The molecular weight excluding hydrogens is 226 g/mol. The van der Waals surface area contributed by atoms with Crippen LogP contribution in [-0.2, 0) is 0 Å². The summed E-state index contributed by atoms with van der Waals surface area (Å²) in [6.45, 7) is 15.3. The highest BCUT2D eigenvalue weighted by Gasteiger charge is 2.31.